The summed E-state index contributed by atoms with van der Waals surface area (Å²) in [6, 6.07) is 16.9. The normalized spacial score (nSPS) is 11.7. The highest BCUT2D eigenvalue weighted by molar-refractivity contribution is 6.31. The maximum atomic E-state index is 12.3. The van der Waals surface area contributed by atoms with Crippen LogP contribution in [0.3, 0.4) is 0 Å². The molecule has 0 unspecified atom stereocenters. The van der Waals surface area contributed by atoms with Crippen molar-refractivity contribution < 1.29 is 14.1 Å². The second-order valence-electron chi connectivity index (χ2n) is 5.71. The molecule has 1 heterocycles. The first-order valence-corrected chi connectivity index (χ1v) is 8.48. The zero-order chi connectivity index (χ0) is 19.2. The quantitative estimate of drug-likeness (QED) is 0.470. The molecule has 1 aromatic heterocycles. The van der Waals surface area contributed by atoms with E-state index in [0.29, 0.717) is 5.76 Å². The van der Waals surface area contributed by atoms with Crippen LogP contribution >= 0.6 is 11.6 Å². The lowest BCUT2D eigenvalue weighted by Gasteiger charge is -2.17. The van der Waals surface area contributed by atoms with Gasteiger partial charge in [-0.05, 0) is 29.8 Å². The molecule has 0 saturated heterocycles. The number of halogens is 1. The van der Waals surface area contributed by atoms with E-state index in [-0.39, 0.29) is 29.0 Å². The number of hydrogen-bond acceptors (Lipinski definition) is 5. The van der Waals surface area contributed by atoms with Gasteiger partial charge in [0.05, 0.1) is 23.8 Å². The Hall–Kier alpha value is -3.16. The number of carbonyl (C=O) groups is 1. The zero-order valence-electron chi connectivity index (χ0n) is 14.1. The van der Waals surface area contributed by atoms with Crippen molar-refractivity contribution >= 4 is 28.9 Å². The molecule has 2 N–H and O–H groups in total. The molecule has 0 fully saturated rings. The average Bonchev–Trinajstić information content (AvgIpc) is 3.18. The van der Waals surface area contributed by atoms with Crippen molar-refractivity contribution in [3.63, 3.8) is 0 Å². The summed E-state index contributed by atoms with van der Waals surface area (Å²) in [5, 5.41) is 17.0. The first-order chi connectivity index (χ1) is 13.0. The van der Waals surface area contributed by atoms with Crippen LogP contribution in [-0.2, 0) is 4.79 Å². The number of benzene rings is 2. The summed E-state index contributed by atoms with van der Waals surface area (Å²) in [6.45, 7) is -0.0694. The van der Waals surface area contributed by atoms with Crippen LogP contribution < -0.4 is 10.6 Å². The molecule has 2 aromatic carbocycles. The number of nitro benzene ring substituents is 1. The molecule has 0 aliphatic carbocycles. The molecule has 0 aliphatic rings. The summed E-state index contributed by atoms with van der Waals surface area (Å²) in [7, 11) is 0. The van der Waals surface area contributed by atoms with Crippen molar-refractivity contribution in [3.05, 3.63) is 93.4 Å². The number of rotatable bonds is 7. The van der Waals surface area contributed by atoms with Gasteiger partial charge in [0, 0.05) is 11.1 Å². The van der Waals surface area contributed by atoms with Crippen LogP contribution in [-0.4, -0.2) is 17.4 Å². The monoisotopic (exact) mass is 385 g/mol. The highest BCUT2D eigenvalue weighted by atomic mass is 35.5. The molecule has 8 heteroatoms. The SMILES string of the molecule is O=C(CN[C@H](c1ccccc1)c1ccco1)Nc1ccc(Cl)cc1[N+](=O)[O-]. The second kappa shape index (κ2) is 8.48. The van der Waals surface area contributed by atoms with Gasteiger partial charge in [0.15, 0.2) is 0 Å². The lowest BCUT2D eigenvalue weighted by Crippen LogP contribution is -2.31. The van der Waals surface area contributed by atoms with E-state index in [1.54, 1.807) is 12.3 Å². The Morgan fingerprint density at radius 2 is 1.93 bits per heavy atom. The molecule has 1 atom stereocenters. The van der Waals surface area contributed by atoms with E-state index in [9.17, 15) is 14.9 Å². The number of nitro groups is 1. The number of carbonyl (C=O) groups excluding carboxylic acids is 1. The number of furan rings is 1. The van der Waals surface area contributed by atoms with Crippen LogP contribution in [0, 0.1) is 10.1 Å². The van der Waals surface area contributed by atoms with Crippen molar-refractivity contribution in [2.45, 2.75) is 6.04 Å². The first-order valence-electron chi connectivity index (χ1n) is 8.10. The minimum Gasteiger partial charge on any atom is -0.467 e. The Morgan fingerprint density at radius 1 is 1.15 bits per heavy atom. The first kappa shape index (κ1) is 18.6. The summed E-state index contributed by atoms with van der Waals surface area (Å²) in [5.74, 6) is 0.236. The van der Waals surface area contributed by atoms with Gasteiger partial charge in [-0.15, -0.1) is 0 Å². The van der Waals surface area contributed by atoms with Gasteiger partial charge in [-0.1, -0.05) is 41.9 Å². The fourth-order valence-corrected chi connectivity index (χ4v) is 2.80. The zero-order valence-corrected chi connectivity index (χ0v) is 14.8. The molecule has 0 saturated carbocycles. The van der Waals surface area contributed by atoms with Crippen LogP contribution in [0.2, 0.25) is 5.02 Å². The van der Waals surface area contributed by atoms with Crippen LogP contribution in [0.15, 0.2) is 71.3 Å². The number of anilines is 1. The van der Waals surface area contributed by atoms with E-state index in [1.165, 1.54) is 18.2 Å². The molecular weight excluding hydrogens is 370 g/mol. The smallest absolute Gasteiger partial charge is 0.294 e. The topological polar surface area (TPSA) is 97.4 Å². The highest BCUT2D eigenvalue weighted by Crippen LogP contribution is 2.28. The van der Waals surface area contributed by atoms with Gasteiger partial charge in [-0.2, -0.15) is 0 Å². The van der Waals surface area contributed by atoms with Crippen LogP contribution in [0.25, 0.3) is 0 Å². The minimum absolute atomic E-state index is 0.0694. The van der Waals surface area contributed by atoms with Gasteiger partial charge < -0.3 is 9.73 Å². The Labute approximate surface area is 160 Å². The Kier molecular flexibility index (Phi) is 5.85. The number of hydrogen-bond donors (Lipinski definition) is 2. The molecule has 1 amide bonds. The fourth-order valence-electron chi connectivity index (χ4n) is 2.63. The second-order valence-corrected chi connectivity index (χ2v) is 6.14. The number of amides is 1. The largest absolute Gasteiger partial charge is 0.467 e. The molecule has 0 spiro atoms. The molecule has 3 rings (SSSR count). The van der Waals surface area contributed by atoms with E-state index in [2.05, 4.69) is 10.6 Å². The predicted molar refractivity (Wildman–Crippen MR) is 102 cm³/mol. The summed E-state index contributed by atoms with van der Waals surface area (Å²) < 4.78 is 5.47. The maximum absolute atomic E-state index is 12.3. The van der Waals surface area contributed by atoms with Crippen LogP contribution in [0.5, 0.6) is 0 Å². The highest BCUT2D eigenvalue weighted by Gasteiger charge is 2.20. The average molecular weight is 386 g/mol. The summed E-state index contributed by atoms with van der Waals surface area (Å²) in [4.78, 5) is 22.9. The van der Waals surface area contributed by atoms with Crippen molar-refractivity contribution in [2.24, 2.45) is 0 Å². The Bertz CT molecular complexity index is 929. The number of nitrogens with one attached hydrogen (secondary N) is 2. The van der Waals surface area contributed by atoms with Gasteiger partial charge in [0.1, 0.15) is 11.4 Å². The fraction of sp³-hybridized carbons (Fsp3) is 0.105. The Morgan fingerprint density at radius 3 is 2.59 bits per heavy atom. The van der Waals surface area contributed by atoms with Crippen molar-refractivity contribution in [1.29, 1.82) is 0 Å². The van der Waals surface area contributed by atoms with E-state index in [1.807, 2.05) is 36.4 Å². The molecule has 138 valence electrons. The molecular formula is C19H16ClN3O4. The van der Waals surface area contributed by atoms with E-state index < -0.39 is 10.8 Å². The van der Waals surface area contributed by atoms with E-state index in [4.69, 9.17) is 16.0 Å². The third kappa shape index (κ3) is 4.72. The minimum atomic E-state index is -0.593. The summed E-state index contributed by atoms with van der Waals surface area (Å²) >= 11 is 5.79. The third-order valence-electron chi connectivity index (χ3n) is 3.86. The van der Waals surface area contributed by atoms with Crippen molar-refractivity contribution in [3.8, 4) is 0 Å². The maximum Gasteiger partial charge on any atom is 0.294 e. The lowest BCUT2D eigenvalue weighted by molar-refractivity contribution is -0.383. The summed E-state index contributed by atoms with van der Waals surface area (Å²) in [6.07, 6.45) is 1.56. The number of nitrogens with zero attached hydrogens (tertiary/aromatic N) is 1. The third-order valence-corrected chi connectivity index (χ3v) is 4.09. The Balaban J connectivity index is 1.71. The van der Waals surface area contributed by atoms with E-state index in [0.717, 1.165) is 5.56 Å². The molecule has 0 radical (unpaired) electrons. The molecule has 27 heavy (non-hydrogen) atoms. The lowest BCUT2D eigenvalue weighted by atomic mass is 10.0. The molecule has 7 nitrogen and oxygen atoms in total. The van der Waals surface area contributed by atoms with Crippen molar-refractivity contribution in [1.82, 2.24) is 5.32 Å². The predicted octanol–water partition coefficient (Wildman–Crippen LogP) is 4.16. The van der Waals surface area contributed by atoms with Crippen LogP contribution in [0.4, 0.5) is 11.4 Å². The van der Waals surface area contributed by atoms with Gasteiger partial charge in [-0.25, -0.2) is 0 Å². The molecule has 0 aliphatic heterocycles. The van der Waals surface area contributed by atoms with Gasteiger partial charge in [-0.3, -0.25) is 20.2 Å². The molecule has 0 bridgehead atoms. The standard InChI is InChI=1S/C19H16ClN3O4/c20-14-8-9-15(16(11-14)23(25)26)22-18(24)12-21-19(17-7-4-10-27-17)13-5-2-1-3-6-13/h1-11,19,21H,12H2,(H,22,24)/t19-/m1/s1. The summed E-state index contributed by atoms with van der Waals surface area (Å²) in [5.41, 5.74) is 0.754. The molecule has 3 aromatic rings. The van der Waals surface area contributed by atoms with Crippen molar-refractivity contribution in [2.75, 3.05) is 11.9 Å². The van der Waals surface area contributed by atoms with Gasteiger partial charge >= 0.3 is 0 Å². The van der Waals surface area contributed by atoms with Crippen LogP contribution in [0.1, 0.15) is 17.4 Å². The van der Waals surface area contributed by atoms with E-state index >= 15 is 0 Å². The van der Waals surface area contributed by atoms with Gasteiger partial charge in [0.25, 0.3) is 5.69 Å². The van der Waals surface area contributed by atoms with Gasteiger partial charge in [0.2, 0.25) is 5.91 Å².